The number of hydrogen-bond donors (Lipinski definition) is 1. The second-order valence-electron chi connectivity index (χ2n) is 10.7. The Bertz CT molecular complexity index is 1470. The average molecular weight is 561 g/mol. The molecule has 6 rings (SSSR count). The van der Waals surface area contributed by atoms with E-state index >= 15 is 0 Å². The maximum atomic E-state index is 13.5. The summed E-state index contributed by atoms with van der Waals surface area (Å²) in [7, 11) is 0. The van der Waals surface area contributed by atoms with Crippen molar-refractivity contribution < 1.29 is 8.81 Å². The standard InChI is InChI=1S/C31H30ClFN4OS/c1-19-15-20(2)18-36(17-19)26-11-10-23(16-24(26)32)37-30(29(35-31(37)39)25-5-3-4-14-34-25)28-13-12-27(38-28)21-6-8-22(33)9-7-21/h3-14,16,19-20,29-30H,15,17-18H2,1-2H3,(H,35,39)/t19-,20+,29-,30+/m0/s1. The summed E-state index contributed by atoms with van der Waals surface area (Å²) >= 11 is 12.8. The van der Waals surface area contributed by atoms with Crippen LogP contribution in [0.5, 0.6) is 0 Å². The van der Waals surface area contributed by atoms with E-state index in [2.05, 4.69) is 46.1 Å². The molecule has 2 saturated heterocycles. The molecule has 0 saturated carbocycles. The van der Waals surface area contributed by atoms with Crippen molar-refractivity contribution in [2.75, 3.05) is 22.9 Å². The predicted molar refractivity (Wildman–Crippen MR) is 159 cm³/mol. The summed E-state index contributed by atoms with van der Waals surface area (Å²) in [6.45, 7) is 6.59. The number of hydrogen-bond acceptors (Lipinski definition) is 4. The highest BCUT2D eigenvalue weighted by Gasteiger charge is 2.43. The average Bonchev–Trinajstić information content (AvgIpc) is 3.53. The van der Waals surface area contributed by atoms with Gasteiger partial charge in [0.15, 0.2) is 5.11 Å². The van der Waals surface area contributed by atoms with E-state index in [9.17, 15) is 4.39 Å². The van der Waals surface area contributed by atoms with E-state index in [1.165, 1.54) is 18.6 Å². The maximum Gasteiger partial charge on any atom is 0.174 e. The molecule has 0 radical (unpaired) electrons. The molecule has 1 N–H and O–H groups in total. The fourth-order valence-corrected chi connectivity index (χ4v) is 6.60. The first-order valence-electron chi connectivity index (χ1n) is 13.3. The molecule has 2 fully saturated rings. The van der Waals surface area contributed by atoms with Gasteiger partial charge in [-0.15, -0.1) is 0 Å². The van der Waals surface area contributed by atoms with E-state index in [0.29, 0.717) is 27.7 Å². The first kappa shape index (κ1) is 25.8. The Morgan fingerprint density at radius 3 is 2.46 bits per heavy atom. The lowest BCUT2D eigenvalue weighted by Crippen LogP contribution is -2.38. The first-order valence-corrected chi connectivity index (χ1v) is 14.1. The molecule has 4 heterocycles. The molecule has 4 atom stereocenters. The van der Waals surface area contributed by atoms with Crippen LogP contribution in [0.4, 0.5) is 15.8 Å². The number of nitrogens with zero attached hydrogens (tertiary/aromatic N) is 3. The zero-order valence-electron chi connectivity index (χ0n) is 21.9. The number of benzene rings is 2. The minimum atomic E-state index is -0.307. The highest BCUT2D eigenvalue weighted by atomic mass is 35.5. The van der Waals surface area contributed by atoms with E-state index in [-0.39, 0.29) is 17.9 Å². The van der Waals surface area contributed by atoms with Crippen LogP contribution in [0, 0.1) is 17.7 Å². The van der Waals surface area contributed by atoms with Crippen LogP contribution in [0.15, 0.2) is 83.4 Å². The molecule has 5 nitrogen and oxygen atoms in total. The number of thiocarbonyl (C=S) groups is 1. The topological polar surface area (TPSA) is 44.5 Å². The molecule has 0 amide bonds. The van der Waals surface area contributed by atoms with Gasteiger partial charge in [0.1, 0.15) is 23.4 Å². The molecule has 2 aliphatic heterocycles. The summed E-state index contributed by atoms with van der Waals surface area (Å²) < 4.78 is 19.9. The number of rotatable bonds is 5. The molecule has 2 aliphatic rings. The molecular weight excluding hydrogens is 531 g/mol. The zero-order valence-corrected chi connectivity index (χ0v) is 23.4. The lowest BCUT2D eigenvalue weighted by molar-refractivity contribution is 0.357. The van der Waals surface area contributed by atoms with E-state index in [1.54, 1.807) is 18.3 Å². The number of piperidine rings is 1. The van der Waals surface area contributed by atoms with E-state index in [1.807, 2.05) is 36.4 Å². The van der Waals surface area contributed by atoms with E-state index in [0.717, 1.165) is 41.5 Å². The van der Waals surface area contributed by atoms with Crippen LogP contribution in [-0.4, -0.2) is 23.2 Å². The third kappa shape index (κ3) is 5.13. The Morgan fingerprint density at radius 2 is 1.77 bits per heavy atom. The van der Waals surface area contributed by atoms with Gasteiger partial charge in [0.25, 0.3) is 0 Å². The zero-order chi connectivity index (χ0) is 27.1. The van der Waals surface area contributed by atoms with Gasteiger partial charge in [-0.05, 0) is 97.2 Å². The molecule has 0 unspecified atom stereocenters. The number of halogens is 2. The minimum absolute atomic E-state index is 0.242. The van der Waals surface area contributed by atoms with Crippen LogP contribution >= 0.6 is 23.8 Å². The van der Waals surface area contributed by atoms with Gasteiger partial charge in [0.2, 0.25) is 0 Å². The number of aromatic nitrogens is 1. The monoisotopic (exact) mass is 560 g/mol. The van der Waals surface area contributed by atoms with Crippen molar-refractivity contribution in [3.63, 3.8) is 0 Å². The normalized spacial score (nSPS) is 23.2. The molecule has 2 aromatic heterocycles. The van der Waals surface area contributed by atoms with Crippen molar-refractivity contribution in [2.45, 2.75) is 32.4 Å². The fraction of sp³-hybridized carbons (Fsp3) is 0.290. The quantitative estimate of drug-likeness (QED) is 0.251. The molecule has 0 bridgehead atoms. The van der Waals surface area contributed by atoms with Crippen molar-refractivity contribution in [3.05, 3.63) is 101 Å². The Kier molecular flexibility index (Phi) is 7.04. The summed E-state index contributed by atoms with van der Waals surface area (Å²) in [5, 5.41) is 4.73. The van der Waals surface area contributed by atoms with Gasteiger partial charge in [0, 0.05) is 30.5 Å². The molecule has 2 aromatic carbocycles. The van der Waals surface area contributed by atoms with Gasteiger partial charge in [-0.1, -0.05) is 31.5 Å². The van der Waals surface area contributed by atoms with Crippen molar-refractivity contribution in [1.82, 2.24) is 10.3 Å². The predicted octanol–water partition coefficient (Wildman–Crippen LogP) is 7.79. The summed E-state index contributed by atoms with van der Waals surface area (Å²) in [6, 6.07) is 21.6. The Morgan fingerprint density at radius 1 is 1.00 bits per heavy atom. The molecule has 39 heavy (non-hydrogen) atoms. The van der Waals surface area contributed by atoms with Crippen LogP contribution < -0.4 is 15.1 Å². The van der Waals surface area contributed by atoms with Gasteiger partial charge < -0.3 is 19.5 Å². The SMILES string of the molecule is C[C@@H]1C[C@H](C)CN(c2ccc(N3C(=S)N[C@@H](c4ccccn4)[C@H]3c3ccc(-c4ccc(F)cc4)o3)cc2Cl)C1. The van der Waals surface area contributed by atoms with Crippen molar-refractivity contribution in [2.24, 2.45) is 11.8 Å². The Hall–Kier alpha value is -3.42. The van der Waals surface area contributed by atoms with E-state index in [4.69, 9.17) is 28.2 Å². The van der Waals surface area contributed by atoms with Crippen LogP contribution in [0.2, 0.25) is 5.02 Å². The number of nitrogens with one attached hydrogen (secondary N) is 1. The van der Waals surface area contributed by atoms with Crippen molar-refractivity contribution >= 4 is 40.3 Å². The number of pyridine rings is 1. The van der Waals surface area contributed by atoms with Crippen LogP contribution in [0.25, 0.3) is 11.3 Å². The number of furan rings is 1. The van der Waals surface area contributed by atoms with Gasteiger partial charge in [-0.3, -0.25) is 4.98 Å². The highest BCUT2D eigenvalue weighted by Crippen LogP contribution is 2.44. The second kappa shape index (κ2) is 10.6. The van der Waals surface area contributed by atoms with Crippen LogP contribution in [-0.2, 0) is 0 Å². The Labute approximate surface area is 238 Å². The molecule has 8 heteroatoms. The second-order valence-corrected chi connectivity index (χ2v) is 11.5. The van der Waals surface area contributed by atoms with Gasteiger partial charge in [0.05, 0.1) is 22.4 Å². The fourth-order valence-electron chi connectivity index (χ4n) is 5.96. The first-order chi connectivity index (χ1) is 18.9. The van der Waals surface area contributed by atoms with Crippen LogP contribution in [0.3, 0.4) is 0 Å². The molecule has 0 spiro atoms. The van der Waals surface area contributed by atoms with Gasteiger partial charge in [-0.25, -0.2) is 4.39 Å². The largest absolute Gasteiger partial charge is 0.459 e. The van der Waals surface area contributed by atoms with E-state index < -0.39 is 0 Å². The third-order valence-electron chi connectivity index (χ3n) is 7.56. The summed E-state index contributed by atoms with van der Waals surface area (Å²) in [5.74, 6) is 2.33. The molecule has 0 aliphatic carbocycles. The van der Waals surface area contributed by atoms with Crippen LogP contribution in [0.1, 0.15) is 43.8 Å². The lowest BCUT2D eigenvalue weighted by Gasteiger charge is -2.37. The Balaban J connectivity index is 1.38. The van der Waals surface area contributed by atoms with Crippen molar-refractivity contribution in [3.8, 4) is 11.3 Å². The minimum Gasteiger partial charge on any atom is -0.459 e. The van der Waals surface area contributed by atoms with Crippen molar-refractivity contribution in [1.29, 1.82) is 0 Å². The lowest BCUT2D eigenvalue weighted by atomic mass is 9.91. The third-order valence-corrected chi connectivity index (χ3v) is 8.18. The maximum absolute atomic E-state index is 13.5. The summed E-state index contributed by atoms with van der Waals surface area (Å²) in [6.07, 6.45) is 3.01. The number of anilines is 2. The summed E-state index contributed by atoms with van der Waals surface area (Å²) in [4.78, 5) is 9.06. The van der Waals surface area contributed by atoms with Gasteiger partial charge in [-0.2, -0.15) is 0 Å². The molecular formula is C31H30ClFN4OS. The van der Waals surface area contributed by atoms with Gasteiger partial charge >= 0.3 is 0 Å². The highest BCUT2D eigenvalue weighted by molar-refractivity contribution is 7.80. The molecule has 4 aromatic rings. The molecule has 200 valence electrons. The summed E-state index contributed by atoms with van der Waals surface area (Å²) in [5.41, 5.74) is 3.58. The smallest absolute Gasteiger partial charge is 0.174 e.